The van der Waals surface area contributed by atoms with E-state index in [1.54, 1.807) is 56.6 Å². The number of carbonyl (C=O) groups excluding carboxylic acids is 2. The molecule has 34 heavy (non-hydrogen) atoms. The minimum atomic E-state index is -0.927. The monoisotopic (exact) mass is 473 g/mol. The molecule has 0 aliphatic carbocycles. The summed E-state index contributed by atoms with van der Waals surface area (Å²) in [5.41, 5.74) is 2.89. The van der Waals surface area contributed by atoms with E-state index in [0.717, 1.165) is 16.6 Å². The predicted octanol–water partition coefficient (Wildman–Crippen LogP) is 6.77. The number of fused-ring (bicyclic) bond motifs is 1. The molecule has 2 aromatic carbocycles. The van der Waals surface area contributed by atoms with E-state index < -0.39 is 5.41 Å². The van der Waals surface area contributed by atoms with Gasteiger partial charge in [-0.15, -0.1) is 11.3 Å². The fourth-order valence-electron chi connectivity index (χ4n) is 4.05. The minimum Gasteiger partial charge on any atom is -0.493 e. The van der Waals surface area contributed by atoms with Gasteiger partial charge >= 0.3 is 0 Å². The summed E-state index contributed by atoms with van der Waals surface area (Å²) in [6, 6.07) is 16.7. The molecule has 0 spiro atoms. The zero-order chi connectivity index (χ0) is 24.5. The smallest absolute Gasteiger partial charge is 0.187 e. The molecule has 0 fully saturated rings. The van der Waals surface area contributed by atoms with Gasteiger partial charge in [-0.25, -0.2) is 4.98 Å². The van der Waals surface area contributed by atoms with Crippen LogP contribution in [0.4, 0.5) is 0 Å². The number of thiophene rings is 1. The first-order valence-corrected chi connectivity index (χ1v) is 11.9. The Labute approximate surface area is 203 Å². The molecule has 0 unspecified atom stereocenters. The lowest BCUT2D eigenvalue weighted by atomic mass is 9.80. The van der Waals surface area contributed by atoms with Gasteiger partial charge in [-0.05, 0) is 42.8 Å². The maximum Gasteiger partial charge on any atom is 0.187 e. The summed E-state index contributed by atoms with van der Waals surface area (Å²) in [6.07, 6.45) is 0.0494. The minimum absolute atomic E-state index is 0.0494. The van der Waals surface area contributed by atoms with Crippen molar-refractivity contribution in [3.05, 3.63) is 76.8 Å². The van der Waals surface area contributed by atoms with Crippen LogP contribution in [0.2, 0.25) is 0 Å². The molecule has 2 heterocycles. The number of rotatable bonds is 8. The average molecular weight is 474 g/mol. The van der Waals surface area contributed by atoms with Crippen LogP contribution >= 0.6 is 11.3 Å². The van der Waals surface area contributed by atoms with Gasteiger partial charge in [0.2, 0.25) is 0 Å². The summed E-state index contributed by atoms with van der Waals surface area (Å²) >= 11 is 1.68. The van der Waals surface area contributed by atoms with Crippen LogP contribution in [0, 0.1) is 12.3 Å². The maximum atomic E-state index is 13.4. The molecule has 0 N–H and O–H groups in total. The van der Waals surface area contributed by atoms with E-state index in [9.17, 15) is 9.59 Å². The van der Waals surface area contributed by atoms with Gasteiger partial charge in [0.25, 0.3) is 0 Å². The lowest BCUT2D eigenvalue weighted by Crippen LogP contribution is -2.28. The molecule has 0 saturated carbocycles. The van der Waals surface area contributed by atoms with Crippen molar-refractivity contribution in [2.75, 3.05) is 14.2 Å². The Morgan fingerprint density at radius 3 is 2.44 bits per heavy atom. The third kappa shape index (κ3) is 4.46. The summed E-state index contributed by atoms with van der Waals surface area (Å²) in [5.74, 6) is 0.713. The number of pyridine rings is 1. The summed E-state index contributed by atoms with van der Waals surface area (Å²) in [5, 5.41) is 3.21. The largest absolute Gasteiger partial charge is 0.493 e. The van der Waals surface area contributed by atoms with Crippen molar-refractivity contribution in [1.82, 2.24) is 4.98 Å². The number of ether oxygens (including phenoxy) is 2. The summed E-state index contributed by atoms with van der Waals surface area (Å²) in [4.78, 5) is 31.2. The molecule has 0 bridgehead atoms. The van der Waals surface area contributed by atoms with E-state index in [4.69, 9.17) is 14.5 Å². The number of aryl methyl sites for hydroxylation is 1. The van der Waals surface area contributed by atoms with Crippen LogP contribution in [-0.4, -0.2) is 30.8 Å². The molecule has 0 aliphatic rings. The molecule has 0 aliphatic heterocycles. The van der Waals surface area contributed by atoms with Crippen LogP contribution in [0.3, 0.4) is 0 Å². The fourth-order valence-corrected chi connectivity index (χ4v) is 5.09. The average Bonchev–Trinajstić information content (AvgIpc) is 3.28. The summed E-state index contributed by atoms with van der Waals surface area (Å²) < 4.78 is 11.8. The first kappa shape index (κ1) is 23.6. The molecular weight excluding hydrogens is 446 g/mol. The number of hydrogen-bond donors (Lipinski definition) is 0. The molecule has 4 aromatic rings. The van der Waals surface area contributed by atoms with Crippen molar-refractivity contribution in [3.63, 3.8) is 0 Å². The number of nitrogens with zero attached hydrogens (tertiary/aromatic N) is 1. The molecule has 6 heteroatoms. The molecular formula is C28H27NO4S. The molecule has 0 radical (unpaired) electrons. The van der Waals surface area contributed by atoms with Gasteiger partial charge in [-0.3, -0.25) is 9.59 Å². The van der Waals surface area contributed by atoms with E-state index in [-0.39, 0.29) is 18.0 Å². The maximum absolute atomic E-state index is 13.4. The lowest BCUT2D eigenvalue weighted by molar-refractivity contribution is 0.0763. The summed E-state index contributed by atoms with van der Waals surface area (Å²) in [7, 11) is 3.07. The quantitative estimate of drug-likeness (QED) is 0.264. The Morgan fingerprint density at radius 2 is 1.71 bits per heavy atom. The molecule has 174 valence electrons. The van der Waals surface area contributed by atoms with Crippen LogP contribution in [0.15, 0.2) is 60.0 Å². The molecule has 5 nitrogen and oxygen atoms in total. The number of methoxy groups -OCH3 is 2. The van der Waals surface area contributed by atoms with E-state index in [1.807, 2.05) is 18.2 Å². The molecule has 0 saturated heterocycles. The van der Waals surface area contributed by atoms with Crippen LogP contribution in [0.1, 0.15) is 46.7 Å². The van der Waals surface area contributed by atoms with Crippen molar-refractivity contribution in [2.24, 2.45) is 5.41 Å². The topological polar surface area (TPSA) is 65.5 Å². The number of carbonyl (C=O) groups is 2. The number of benzene rings is 2. The van der Waals surface area contributed by atoms with Gasteiger partial charge in [-0.1, -0.05) is 38.1 Å². The first-order chi connectivity index (χ1) is 16.2. The SMILES string of the molecule is COc1ccc(C(=O)CC(C)(C)C(=O)c2cccc(-c3csc4c(C)cccc34)n2)cc1OC. The number of Topliss-reactive ketones (excluding diaryl/α,β-unsaturated/α-hetero) is 2. The second kappa shape index (κ2) is 9.39. The first-order valence-electron chi connectivity index (χ1n) is 11.0. The molecule has 0 atom stereocenters. The van der Waals surface area contributed by atoms with Gasteiger partial charge in [-0.2, -0.15) is 0 Å². The lowest BCUT2D eigenvalue weighted by Gasteiger charge is -2.22. The van der Waals surface area contributed by atoms with Crippen LogP contribution in [0.5, 0.6) is 11.5 Å². The van der Waals surface area contributed by atoms with E-state index in [0.29, 0.717) is 22.8 Å². The van der Waals surface area contributed by atoms with Crippen molar-refractivity contribution >= 4 is 33.0 Å². The highest BCUT2D eigenvalue weighted by atomic mass is 32.1. The Bertz CT molecular complexity index is 1390. The Balaban J connectivity index is 1.60. The Kier molecular flexibility index (Phi) is 6.53. The zero-order valence-corrected chi connectivity index (χ0v) is 20.8. The van der Waals surface area contributed by atoms with Gasteiger partial charge in [0.15, 0.2) is 23.1 Å². The van der Waals surface area contributed by atoms with Crippen molar-refractivity contribution in [2.45, 2.75) is 27.2 Å². The Hall–Kier alpha value is -3.51. The summed E-state index contributed by atoms with van der Waals surface area (Å²) in [6.45, 7) is 5.66. The van der Waals surface area contributed by atoms with Crippen molar-refractivity contribution < 1.29 is 19.1 Å². The number of ketones is 2. The van der Waals surface area contributed by atoms with Crippen molar-refractivity contribution in [1.29, 1.82) is 0 Å². The second-order valence-corrected chi connectivity index (χ2v) is 9.77. The van der Waals surface area contributed by atoms with Gasteiger partial charge in [0.1, 0.15) is 5.69 Å². The zero-order valence-electron chi connectivity index (χ0n) is 20.0. The highest BCUT2D eigenvalue weighted by molar-refractivity contribution is 7.18. The van der Waals surface area contributed by atoms with Crippen LogP contribution < -0.4 is 9.47 Å². The third-order valence-corrected chi connectivity index (χ3v) is 7.11. The van der Waals surface area contributed by atoms with Crippen LogP contribution in [-0.2, 0) is 0 Å². The standard InChI is InChI=1S/C28H27NO4S/c1-17-8-6-9-19-20(16-34-26(17)19)21-10-7-11-22(29-21)27(31)28(2,3)15-23(30)18-12-13-24(32-4)25(14-18)33-5/h6-14,16H,15H2,1-5H3. The molecule has 0 amide bonds. The van der Waals surface area contributed by atoms with Crippen molar-refractivity contribution in [3.8, 4) is 22.8 Å². The van der Waals surface area contributed by atoms with Crippen LogP contribution in [0.25, 0.3) is 21.3 Å². The Morgan fingerprint density at radius 1 is 0.971 bits per heavy atom. The highest BCUT2D eigenvalue weighted by Gasteiger charge is 2.33. The predicted molar refractivity (Wildman–Crippen MR) is 136 cm³/mol. The van der Waals surface area contributed by atoms with E-state index >= 15 is 0 Å². The van der Waals surface area contributed by atoms with Gasteiger partial charge < -0.3 is 9.47 Å². The number of aromatic nitrogens is 1. The van der Waals surface area contributed by atoms with Gasteiger partial charge in [0.05, 0.1) is 19.9 Å². The van der Waals surface area contributed by atoms with E-state index in [1.165, 1.54) is 17.4 Å². The molecule has 4 rings (SSSR count). The third-order valence-electron chi connectivity index (χ3n) is 5.98. The fraction of sp³-hybridized carbons (Fsp3) is 0.250. The number of hydrogen-bond acceptors (Lipinski definition) is 6. The normalized spacial score (nSPS) is 11.4. The molecule has 2 aromatic heterocycles. The second-order valence-electron chi connectivity index (χ2n) is 8.89. The van der Waals surface area contributed by atoms with Gasteiger partial charge in [0, 0.05) is 38.4 Å². The van der Waals surface area contributed by atoms with E-state index in [2.05, 4.69) is 24.4 Å². The highest BCUT2D eigenvalue weighted by Crippen LogP contribution is 2.36.